The number of rotatable bonds is 4. The van der Waals surface area contributed by atoms with Gasteiger partial charge in [-0.25, -0.2) is 4.98 Å². The Balaban J connectivity index is 1.57. The molecule has 0 N–H and O–H groups in total. The maximum absolute atomic E-state index is 12.6. The summed E-state index contributed by atoms with van der Waals surface area (Å²) < 4.78 is 5.15. The third-order valence-corrected chi connectivity index (χ3v) is 6.02. The molecule has 1 saturated heterocycles. The molecule has 0 atom stereocenters. The molecule has 7 nitrogen and oxygen atoms in total. The quantitative estimate of drug-likeness (QED) is 0.735. The molecule has 0 spiro atoms. The second kappa shape index (κ2) is 8.48. The van der Waals surface area contributed by atoms with Crippen molar-refractivity contribution in [3.05, 3.63) is 46.5 Å². The summed E-state index contributed by atoms with van der Waals surface area (Å²) in [5.74, 6) is 0.364. The van der Waals surface area contributed by atoms with Crippen LogP contribution in [0.15, 0.2) is 27.8 Å². The Labute approximate surface area is 168 Å². The molecule has 2 aromatic heterocycles. The fraction of sp³-hybridized carbons (Fsp3) is 0.400. The van der Waals surface area contributed by atoms with Gasteiger partial charge in [-0.3, -0.25) is 9.59 Å². The van der Waals surface area contributed by atoms with Crippen LogP contribution in [0.1, 0.15) is 32.9 Å². The predicted molar refractivity (Wildman–Crippen MR) is 105 cm³/mol. The minimum Gasteiger partial charge on any atom is -0.459 e. The first-order valence-electron chi connectivity index (χ1n) is 9.03. The molecule has 0 saturated carbocycles. The number of aryl methyl sites for hydroxylation is 1. The van der Waals surface area contributed by atoms with Gasteiger partial charge in [-0.15, -0.1) is 0 Å². The first kappa shape index (κ1) is 20.0. The van der Waals surface area contributed by atoms with E-state index in [4.69, 9.17) is 4.42 Å². The summed E-state index contributed by atoms with van der Waals surface area (Å²) in [7, 11) is 0. The van der Waals surface area contributed by atoms with Crippen LogP contribution in [0.3, 0.4) is 0 Å². The molecule has 146 valence electrons. The summed E-state index contributed by atoms with van der Waals surface area (Å²) in [6.45, 7) is 7.67. The van der Waals surface area contributed by atoms with Gasteiger partial charge in [0.25, 0.3) is 5.91 Å². The number of furan rings is 1. The van der Waals surface area contributed by atoms with Crippen LogP contribution < -0.4 is 0 Å². The van der Waals surface area contributed by atoms with E-state index in [-0.39, 0.29) is 17.6 Å². The molecular weight excluding hydrogens is 376 g/mol. The smallest absolute Gasteiger partial charge is 0.289 e. The van der Waals surface area contributed by atoms with Crippen molar-refractivity contribution in [2.24, 2.45) is 0 Å². The van der Waals surface area contributed by atoms with Gasteiger partial charge in [0.1, 0.15) is 11.1 Å². The van der Waals surface area contributed by atoms with Crippen LogP contribution >= 0.6 is 11.8 Å². The van der Waals surface area contributed by atoms with Crippen molar-refractivity contribution in [2.75, 3.05) is 31.9 Å². The highest BCUT2D eigenvalue weighted by molar-refractivity contribution is 8.00. The Bertz CT molecular complexity index is 926. The molecule has 0 bridgehead atoms. The summed E-state index contributed by atoms with van der Waals surface area (Å²) in [4.78, 5) is 32.8. The number of carbonyl (C=O) groups excluding carboxylic acids is 2. The van der Waals surface area contributed by atoms with Crippen molar-refractivity contribution < 1.29 is 14.0 Å². The number of pyridine rings is 1. The Kier molecular flexibility index (Phi) is 6.05. The molecule has 3 heterocycles. The normalized spacial score (nSPS) is 14.1. The molecule has 1 fully saturated rings. The van der Waals surface area contributed by atoms with Gasteiger partial charge in [0.05, 0.1) is 17.6 Å². The van der Waals surface area contributed by atoms with Crippen LogP contribution in [-0.4, -0.2) is 58.5 Å². The highest BCUT2D eigenvalue weighted by Crippen LogP contribution is 2.26. The summed E-state index contributed by atoms with van der Waals surface area (Å²) in [6.07, 6.45) is 1.47. The lowest BCUT2D eigenvalue weighted by atomic mass is 10.1. The predicted octanol–water partition coefficient (Wildman–Crippen LogP) is 2.55. The van der Waals surface area contributed by atoms with E-state index in [1.54, 1.807) is 21.9 Å². The fourth-order valence-electron chi connectivity index (χ4n) is 3.08. The summed E-state index contributed by atoms with van der Waals surface area (Å²) in [6, 6.07) is 5.53. The zero-order chi connectivity index (χ0) is 20.3. The number of thioether (sulfide) groups is 1. The first-order chi connectivity index (χ1) is 13.4. The lowest BCUT2D eigenvalue weighted by Gasteiger charge is -2.34. The van der Waals surface area contributed by atoms with Crippen molar-refractivity contribution in [1.82, 2.24) is 14.8 Å². The third kappa shape index (κ3) is 4.04. The summed E-state index contributed by atoms with van der Waals surface area (Å²) in [5.41, 5.74) is 3.32. The molecule has 1 aliphatic heterocycles. The van der Waals surface area contributed by atoms with Crippen molar-refractivity contribution in [1.29, 1.82) is 5.26 Å². The minimum absolute atomic E-state index is 0.0170. The van der Waals surface area contributed by atoms with Crippen molar-refractivity contribution in [3.63, 3.8) is 0 Å². The van der Waals surface area contributed by atoms with Crippen LogP contribution in [-0.2, 0) is 4.79 Å². The maximum atomic E-state index is 12.6. The average Bonchev–Trinajstić information content (AvgIpc) is 3.24. The highest BCUT2D eigenvalue weighted by Gasteiger charge is 2.26. The van der Waals surface area contributed by atoms with Crippen molar-refractivity contribution >= 4 is 23.6 Å². The van der Waals surface area contributed by atoms with Gasteiger partial charge in [0.2, 0.25) is 5.91 Å². The van der Waals surface area contributed by atoms with Crippen LogP contribution in [0.5, 0.6) is 0 Å². The second-order valence-electron chi connectivity index (χ2n) is 6.68. The standard InChI is InChI=1S/C20H22N4O3S/c1-13-14(2)16(11-21)19(22-15(13)3)28-12-18(25)23-6-8-24(9-7-23)20(26)17-5-4-10-27-17/h4-5,10H,6-9,12H2,1-3H3. The number of nitriles is 1. The van der Waals surface area contributed by atoms with Gasteiger partial charge in [-0.2, -0.15) is 5.26 Å². The summed E-state index contributed by atoms with van der Waals surface area (Å²) in [5, 5.41) is 10.0. The number of hydrogen-bond acceptors (Lipinski definition) is 6. The number of amides is 2. The lowest BCUT2D eigenvalue weighted by molar-refractivity contribution is -0.129. The van der Waals surface area contributed by atoms with E-state index in [9.17, 15) is 14.9 Å². The molecule has 2 aromatic rings. The van der Waals surface area contributed by atoms with E-state index in [0.717, 1.165) is 16.8 Å². The van der Waals surface area contributed by atoms with E-state index < -0.39 is 0 Å². The van der Waals surface area contributed by atoms with Gasteiger partial charge in [-0.05, 0) is 44.0 Å². The first-order valence-corrected chi connectivity index (χ1v) is 10.0. The van der Waals surface area contributed by atoms with E-state index in [1.807, 2.05) is 20.8 Å². The van der Waals surface area contributed by atoms with Crippen LogP contribution in [0, 0.1) is 32.1 Å². The van der Waals surface area contributed by atoms with Gasteiger partial charge in [-0.1, -0.05) is 11.8 Å². The topological polar surface area (TPSA) is 90.4 Å². The molecule has 8 heteroatoms. The molecule has 1 aliphatic rings. The van der Waals surface area contributed by atoms with Crippen molar-refractivity contribution in [2.45, 2.75) is 25.8 Å². The van der Waals surface area contributed by atoms with E-state index in [2.05, 4.69) is 11.1 Å². The highest BCUT2D eigenvalue weighted by atomic mass is 32.2. The Morgan fingerprint density at radius 3 is 2.46 bits per heavy atom. The van der Waals surface area contributed by atoms with Gasteiger partial charge >= 0.3 is 0 Å². The Hall–Kier alpha value is -2.79. The van der Waals surface area contributed by atoms with Gasteiger partial charge in [0.15, 0.2) is 5.76 Å². The van der Waals surface area contributed by atoms with E-state index >= 15 is 0 Å². The summed E-state index contributed by atoms with van der Waals surface area (Å²) >= 11 is 1.30. The second-order valence-corrected chi connectivity index (χ2v) is 7.64. The molecule has 0 unspecified atom stereocenters. The monoisotopic (exact) mass is 398 g/mol. The number of piperazine rings is 1. The number of aromatic nitrogens is 1. The number of carbonyl (C=O) groups is 2. The zero-order valence-corrected chi connectivity index (χ0v) is 17.0. The Morgan fingerprint density at radius 1 is 1.18 bits per heavy atom. The van der Waals surface area contributed by atoms with Crippen molar-refractivity contribution in [3.8, 4) is 6.07 Å². The molecule has 2 amide bonds. The molecule has 0 aliphatic carbocycles. The van der Waals surface area contributed by atoms with E-state index in [0.29, 0.717) is 42.5 Å². The van der Waals surface area contributed by atoms with Gasteiger partial charge in [0, 0.05) is 31.9 Å². The third-order valence-electron chi connectivity index (χ3n) is 5.06. The van der Waals surface area contributed by atoms with Crippen LogP contribution in [0.4, 0.5) is 0 Å². The van der Waals surface area contributed by atoms with Crippen LogP contribution in [0.2, 0.25) is 0 Å². The van der Waals surface area contributed by atoms with Crippen LogP contribution in [0.25, 0.3) is 0 Å². The Morgan fingerprint density at radius 2 is 1.86 bits per heavy atom. The fourth-order valence-corrected chi connectivity index (χ4v) is 4.07. The molecule has 28 heavy (non-hydrogen) atoms. The maximum Gasteiger partial charge on any atom is 0.289 e. The number of nitrogens with zero attached hydrogens (tertiary/aromatic N) is 4. The zero-order valence-electron chi connectivity index (χ0n) is 16.2. The SMILES string of the molecule is Cc1nc(SCC(=O)N2CCN(C(=O)c3ccco3)CC2)c(C#N)c(C)c1C. The molecule has 3 rings (SSSR count). The molecular formula is C20H22N4O3S. The molecule has 0 radical (unpaired) electrons. The molecule has 0 aromatic carbocycles. The largest absolute Gasteiger partial charge is 0.459 e. The number of hydrogen-bond donors (Lipinski definition) is 0. The minimum atomic E-state index is -0.153. The van der Waals surface area contributed by atoms with E-state index in [1.165, 1.54) is 18.0 Å². The lowest BCUT2D eigenvalue weighted by Crippen LogP contribution is -2.51. The van der Waals surface area contributed by atoms with Gasteiger partial charge < -0.3 is 14.2 Å². The average molecular weight is 398 g/mol.